The monoisotopic (exact) mass is 450 g/mol. The summed E-state index contributed by atoms with van der Waals surface area (Å²) in [5.41, 5.74) is 0.842. The zero-order chi connectivity index (χ0) is 21.3. The van der Waals surface area contributed by atoms with Crippen LogP contribution in [-0.4, -0.2) is 51.6 Å². The van der Waals surface area contributed by atoms with Crippen molar-refractivity contribution < 1.29 is 28.2 Å². The van der Waals surface area contributed by atoms with E-state index in [9.17, 15) is 14.5 Å². The summed E-state index contributed by atoms with van der Waals surface area (Å²) in [6.07, 6.45) is -0.569. The molecule has 1 N–H and O–H groups in total. The zero-order valence-electron chi connectivity index (χ0n) is 16.9. The van der Waals surface area contributed by atoms with Crippen LogP contribution < -0.4 is 9.64 Å². The minimum absolute atomic E-state index is 0.279. The molecule has 0 saturated heterocycles. The van der Waals surface area contributed by atoms with Crippen LogP contribution in [0.15, 0.2) is 18.2 Å². The van der Waals surface area contributed by atoms with E-state index in [-0.39, 0.29) is 11.9 Å². The highest BCUT2D eigenvalue weighted by Gasteiger charge is 2.42. The van der Waals surface area contributed by atoms with Gasteiger partial charge in [-0.3, -0.25) is 0 Å². The highest BCUT2D eigenvalue weighted by atomic mass is 32.5. The summed E-state index contributed by atoms with van der Waals surface area (Å²) in [4.78, 5) is 13.0. The van der Waals surface area contributed by atoms with Crippen LogP contribution in [0.3, 0.4) is 0 Å². The molecule has 0 bridgehead atoms. The molecule has 1 aromatic carbocycles. The third kappa shape index (κ3) is 4.81. The molecule has 0 spiro atoms. The number of fused-ring (bicyclic) bond motifs is 1. The Kier molecular flexibility index (Phi) is 7.42. The molecule has 1 unspecified atom stereocenters. The second-order valence-electron chi connectivity index (χ2n) is 7.20. The lowest BCUT2D eigenvalue weighted by molar-refractivity contribution is 0.138. The number of amides is 1. The fourth-order valence-electron chi connectivity index (χ4n) is 3.07. The number of carbonyl (C=O) groups is 1. The van der Waals surface area contributed by atoms with Crippen molar-refractivity contribution in [3.63, 3.8) is 0 Å². The Bertz CT molecular complexity index is 768. The smallest absolute Gasteiger partial charge is 0.415 e. The Hall–Kier alpha value is -0.870. The van der Waals surface area contributed by atoms with Gasteiger partial charge >= 0.3 is 12.7 Å². The van der Waals surface area contributed by atoms with E-state index in [1.165, 1.54) is 18.3 Å². The van der Waals surface area contributed by atoms with Crippen molar-refractivity contribution in [2.24, 2.45) is 0 Å². The van der Waals surface area contributed by atoms with Gasteiger partial charge in [-0.1, -0.05) is 12.1 Å². The number of para-hydroxylation sites is 1. The van der Waals surface area contributed by atoms with E-state index in [0.29, 0.717) is 17.9 Å². The van der Waals surface area contributed by atoms with Gasteiger partial charge in [0.15, 0.2) is 0 Å². The van der Waals surface area contributed by atoms with Crippen LogP contribution in [-0.2, 0) is 38.6 Å². The predicted octanol–water partition coefficient (Wildman–Crippen LogP) is 3.73. The van der Waals surface area contributed by atoms with E-state index in [1.54, 1.807) is 26.0 Å². The maximum atomic E-state index is 13.2. The van der Waals surface area contributed by atoms with E-state index in [2.05, 4.69) is 0 Å². The van der Waals surface area contributed by atoms with Crippen molar-refractivity contribution in [2.45, 2.75) is 45.8 Å². The van der Waals surface area contributed by atoms with Gasteiger partial charge in [-0.2, -0.15) is 0 Å². The molecule has 11 heteroatoms. The van der Waals surface area contributed by atoms with Gasteiger partial charge in [-0.25, -0.2) is 9.69 Å². The van der Waals surface area contributed by atoms with Crippen molar-refractivity contribution in [1.29, 1.82) is 0 Å². The van der Waals surface area contributed by atoms with Crippen LogP contribution in [0.25, 0.3) is 0 Å². The molecule has 0 saturated carbocycles. The Morgan fingerprint density at radius 2 is 2.04 bits per heavy atom. The number of anilines is 1. The lowest BCUT2D eigenvalue weighted by atomic mass is 10.0. The van der Waals surface area contributed by atoms with Gasteiger partial charge in [0.25, 0.3) is 0 Å². The van der Waals surface area contributed by atoms with Gasteiger partial charge in [-0.15, -0.1) is 0 Å². The van der Waals surface area contributed by atoms with Crippen molar-refractivity contribution in [3.8, 4) is 5.75 Å². The fraction of sp³-hybridized carbons (Fsp3) is 0.588. The van der Waals surface area contributed by atoms with Crippen LogP contribution in [0.1, 0.15) is 33.3 Å². The van der Waals surface area contributed by atoms with Gasteiger partial charge in [0.05, 0.1) is 23.1 Å². The Labute approximate surface area is 174 Å². The molecule has 158 valence electrons. The average Bonchev–Trinajstić information content (AvgIpc) is 2.92. The fourth-order valence-corrected chi connectivity index (χ4v) is 7.85. The number of nitrogens with zero attached hydrogens (tertiary/aromatic N) is 2. The molecule has 28 heavy (non-hydrogen) atoms. The number of hydrogen-bond acceptors (Lipinski definition) is 6. The highest BCUT2D eigenvalue weighted by Crippen LogP contribution is 2.54. The molecule has 1 heterocycles. The normalized spacial score (nSPS) is 16.8. The molecular weight excluding hydrogens is 423 g/mol. The van der Waals surface area contributed by atoms with E-state index >= 15 is 0 Å². The summed E-state index contributed by atoms with van der Waals surface area (Å²) in [6, 6.07) is 5.04. The molecular formula is C17H27N2O6PS2. The first-order chi connectivity index (χ1) is 13.0. The molecule has 1 aromatic rings. The number of hydrogen-bond donors (Lipinski definition) is 1. The molecule has 0 aliphatic carbocycles. The summed E-state index contributed by atoms with van der Waals surface area (Å²) >= 11 is 3.63. The van der Waals surface area contributed by atoms with Crippen molar-refractivity contribution >= 4 is 41.6 Å². The minimum Gasteiger partial charge on any atom is -0.596 e. The third-order valence-electron chi connectivity index (χ3n) is 4.18. The van der Waals surface area contributed by atoms with E-state index in [1.807, 2.05) is 19.9 Å². The quantitative estimate of drug-likeness (QED) is 0.473. The van der Waals surface area contributed by atoms with Crippen molar-refractivity contribution in [2.75, 3.05) is 25.0 Å². The van der Waals surface area contributed by atoms with Crippen LogP contribution in [0, 0.1) is 0 Å². The highest BCUT2D eigenvalue weighted by molar-refractivity contribution is 8.13. The Morgan fingerprint density at radius 1 is 1.43 bits per heavy atom. The van der Waals surface area contributed by atoms with Crippen LogP contribution in [0.4, 0.5) is 10.5 Å². The minimum atomic E-state index is -3.00. The standard InChI is InChI=1S/C17H27N2O6PS2/c1-12(2)19(26(27,23-5)24-6)28(22)11-18(16(20)21)14-9-7-8-13-10-17(3,4)25-15(13)14/h7-9,12H,10-11H2,1-6H3,(H,20,21). The first-order valence-corrected chi connectivity index (χ1v) is 12.5. The van der Waals surface area contributed by atoms with Crippen LogP contribution >= 0.6 is 6.64 Å². The second kappa shape index (κ2) is 8.87. The first-order valence-electron chi connectivity index (χ1n) is 8.67. The predicted molar refractivity (Wildman–Crippen MR) is 114 cm³/mol. The topological polar surface area (TPSA) is 94.5 Å². The lowest BCUT2D eigenvalue weighted by Gasteiger charge is -2.35. The molecule has 8 nitrogen and oxygen atoms in total. The Morgan fingerprint density at radius 3 is 2.54 bits per heavy atom. The maximum absolute atomic E-state index is 13.2. The van der Waals surface area contributed by atoms with E-state index in [4.69, 9.17) is 25.6 Å². The molecule has 0 radical (unpaired) electrons. The maximum Gasteiger partial charge on any atom is 0.415 e. The van der Waals surface area contributed by atoms with E-state index in [0.717, 1.165) is 10.5 Å². The van der Waals surface area contributed by atoms with E-state index < -0.39 is 29.7 Å². The summed E-state index contributed by atoms with van der Waals surface area (Å²) in [5, 5.41) is 9.81. The number of benzene rings is 1. The van der Waals surface area contributed by atoms with Crippen molar-refractivity contribution in [3.05, 3.63) is 23.8 Å². The third-order valence-corrected chi connectivity index (χ3v) is 10.3. The Balaban J connectivity index is 2.38. The van der Waals surface area contributed by atoms with Gasteiger partial charge < -0.3 is 23.4 Å². The number of carboxylic acid groups (broad SMARTS) is 1. The lowest BCUT2D eigenvalue weighted by Crippen LogP contribution is -2.44. The molecule has 1 amide bonds. The van der Waals surface area contributed by atoms with Gasteiger partial charge in [-0.05, 0) is 49.6 Å². The summed E-state index contributed by atoms with van der Waals surface area (Å²) in [5.74, 6) is 0.180. The average molecular weight is 451 g/mol. The molecule has 2 rings (SSSR count). The summed E-state index contributed by atoms with van der Waals surface area (Å²) < 4.78 is 31.2. The first kappa shape index (κ1) is 23.4. The molecule has 1 aliphatic rings. The van der Waals surface area contributed by atoms with Crippen LogP contribution in [0.5, 0.6) is 5.75 Å². The SMILES string of the molecule is COP(=S)(OC)N(C(C)C)[S+]([O-])CN(C(=O)O)c1cccc2c1OC(C)(C)C2. The second-order valence-corrected chi connectivity index (χ2v) is 12.2. The molecule has 0 fully saturated rings. The van der Waals surface area contributed by atoms with Gasteiger partial charge in [0.1, 0.15) is 11.4 Å². The molecule has 1 atom stereocenters. The molecule has 1 aliphatic heterocycles. The van der Waals surface area contributed by atoms with Gasteiger partial charge in [0.2, 0.25) is 5.88 Å². The summed E-state index contributed by atoms with van der Waals surface area (Å²) in [7, 11) is 2.79. The largest absolute Gasteiger partial charge is 0.596 e. The van der Waals surface area contributed by atoms with Gasteiger partial charge in [0, 0.05) is 26.2 Å². The number of rotatable bonds is 8. The van der Waals surface area contributed by atoms with Crippen LogP contribution in [0.2, 0.25) is 0 Å². The van der Waals surface area contributed by atoms with Crippen molar-refractivity contribution in [1.82, 2.24) is 4.08 Å². The zero-order valence-corrected chi connectivity index (χ0v) is 19.4. The summed E-state index contributed by atoms with van der Waals surface area (Å²) in [6.45, 7) is 4.47. The molecule has 0 aromatic heterocycles. The number of ether oxygens (including phenoxy) is 1.